The molecule has 0 radical (unpaired) electrons. The number of alkyl halides is 3. The van der Waals surface area contributed by atoms with E-state index in [1.165, 1.54) is 12.1 Å². The molecule has 0 heterocycles. The lowest BCUT2D eigenvalue weighted by molar-refractivity contribution is -0.179. The number of carbonyl (C=O) groups is 2. The van der Waals surface area contributed by atoms with Gasteiger partial charge in [-0.1, -0.05) is 29.3 Å². The molecule has 0 fully saturated rings. The second-order valence-electron chi connectivity index (χ2n) is 6.72. The molecule has 0 saturated carbocycles. The highest BCUT2D eigenvalue weighted by atomic mass is 35.5. The first-order valence-electron chi connectivity index (χ1n) is 8.43. The average Bonchev–Trinajstić information content (AvgIpc) is 2.54. The SMILES string of the molecule is Cc1cc(C)c(CC(C(=O)Nc2ccc(Cl)c(C(N)=O)c2)C(F)(F)F)c(C)c1. The Hall–Kier alpha value is -2.54. The fourth-order valence-corrected chi connectivity index (χ4v) is 3.32. The van der Waals surface area contributed by atoms with E-state index in [0.717, 1.165) is 11.6 Å². The number of rotatable bonds is 5. The Balaban J connectivity index is 2.33. The number of primary amides is 1. The molecule has 3 N–H and O–H groups in total. The van der Waals surface area contributed by atoms with Crippen LogP contribution in [0.1, 0.15) is 32.6 Å². The smallest absolute Gasteiger partial charge is 0.366 e. The first kappa shape index (κ1) is 21.8. The Morgan fingerprint density at radius 2 is 1.68 bits per heavy atom. The van der Waals surface area contributed by atoms with E-state index in [1.54, 1.807) is 26.0 Å². The van der Waals surface area contributed by atoms with Gasteiger partial charge in [-0.25, -0.2) is 0 Å². The summed E-state index contributed by atoms with van der Waals surface area (Å²) >= 11 is 5.82. The number of hydrogen-bond acceptors (Lipinski definition) is 2. The summed E-state index contributed by atoms with van der Waals surface area (Å²) in [5, 5.41) is 2.26. The molecular weight excluding hydrogens is 393 g/mol. The second kappa shape index (κ2) is 8.22. The minimum Gasteiger partial charge on any atom is -0.366 e. The van der Waals surface area contributed by atoms with Crippen molar-refractivity contribution in [3.63, 3.8) is 0 Å². The Morgan fingerprint density at radius 3 is 2.18 bits per heavy atom. The highest BCUT2D eigenvalue weighted by molar-refractivity contribution is 6.34. The van der Waals surface area contributed by atoms with E-state index in [-0.39, 0.29) is 16.3 Å². The predicted molar refractivity (Wildman–Crippen MR) is 103 cm³/mol. The zero-order chi connectivity index (χ0) is 21.2. The molecule has 0 aliphatic rings. The number of hydrogen-bond donors (Lipinski definition) is 2. The largest absolute Gasteiger partial charge is 0.400 e. The van der Waals surface area contributed by atoms with Crippen LogP contribution in [-0.4, -0.2) is 18.0 Å². The van der Waals surface area contributed by atoms with Crippen LogP contribution in [-0.2, 0) is 11.2 Å². The zero-order valence-corrected chi connectivity index (χ0v) is 16.3. The van der Waals surface area contributed by atoms with Gasteiger partial charge in [0.05, 0.1) is 10.6 Å². The van der Waals surface area contributed by atoms with E-state index >= 15 is 0 Å². The van der Waals surface area contributed by atoms with Crippen molar-refractivity contribution in [1.29, 1.82) is 0 Å². The highest BCUT2D eigenvalue weighted by Crippen LogP contribution is 2.33. The standard InChI is InChI=1S/C20H20ClF3N2O2/c1-10-6-11(2)14(12(3)7-10)9-16(20(22,23)24)19(28)26-13-4-5-17(21)15(8-13)18(25)27/h4-8,16H,9H2,1-3H3,(H2,25,27)(H,26,28). The minimum atomic E-state index is -4.74. The Bertz CT molecular complexity index is 903. The molecule has 150 valence electrons. The van der Waals surface area contributed by atoms with Crippen molar-refractivity contribution in [3.05, 3.63) is 63.2 Å². The number of anilines is 1. The summed E-state index contributed by atoms with van der Waals surface area (Å²) in [7, 11) is 0. The van der Waals surface area contributed by atoms with E-state index in [0.29, 0.717) is 16.7 Å². The summed E-state index contributed by atoms with van der Waals surface area (Å²) in [6.45, 7) is 5.30. The van der Waals surface area contributed by atoms with Crippen molar-refractivity contribution >= 4 is 29.1 Å². The lowest BCUT2D eigenvalue weighted by Gasteiger charge is -2.22. The highest BCUT2D eigenvalue weighted by Gasteiger charge is 2.45. The average molecular weight is 413 g/mol. The van der Waals surface area contributed by atoms with Crippen LogP contribution in [0.25, 0.3) is 0 Å². The van der Waals surface area contributed by atoms with E-state index in [1.807, 2.05) is 6.92 Å². The summed E-state index contributed by atoms with van der Waals surface area (Å²) in [6.07, 6.45) is -5.23. The number of nitrogens with two attached hydrogens (primary N) is 1. The first-order chi connectivity index (χ1) is 12.9. The van der Waals surface area contributed by atoms with E-state index < -0.39 is 30.3 Å². The molecule has 4 nitrogen and oxygen atoms in total. The number of amides is 2. The van der Waals surface area contributed by atoms with Gasteiger partial charge in [0.2, 0.25) is 11.8 Å². The van der Waals surface area contributed by atoms with E-state index in [2.05, 4.69) is 5.32 Å². The summed E-state index contributed by atoms with van der Waals surface area (Å²) < 4.78 is 40.9. The third-order valence-electron chi connectivity index (χ3n) is 4.46. The van der Waals surface area contributed by atoms with Gasteiger partial charge < -0.3 is 11.1 Å². The summed E-state index contributed by atoms with van der Waals surface area (Å²) in [6, 6.07) is 7.31. The third-order valence-corrected chi connectivity index (χ3v) is 4.79. The van der Waals surface area contributed by atoms with Crippen LogP contribution in [0.3, 0.4) is 0 Å². The van der Waals surface area contributed by atoms with Crippen molar-refractivity contribution in [2.75, 3.05) is 5.32 Å². The van der Waals surface area contributed by atoms with Crippen LogP contribution in [0.4, 0.5) is 18.9 Å². The van der Waals surface area contributed by atoms with Gasteiger partial charge in [-0.05, 0) is 62.1 Å². The second-order valence-corrected chi connectivity index (χ2v) is 7.13. The van der Waals surface area contributed by atoms with Gasteiger partial charge >= 0.3 is 6.18 Å². The fraction of sp³-hybridized carbons (Fsp3) is 0.300. The van der Waals surface area contributed by atoms with Crippen LogP contribution < -0.4 is 11.1 Å². The zero-order valence-electron chi connectivity index (χ0n) is 15.6. The van der Waals surface area contributed by atoms with Crippen molar-refractivity contribution in [1.82, 2.24) is 0 Å². The van der Waals surface area contributed by atoms with Gasteiger partial charge in [-0.3, -0.25) is 9.59 Å². The maximum absolute atomic E-state index is 13.6. The maximum Gasteiger partial charge on any atom is 0.400 e. The molecule has 0 aromatic heterocycles. The molecule has 0 aliphatic carbocycles. The fourth-order valence-electron chi connectivity index (χ4n) is 3.11. The lowest BCUT2D eigenvalue weighted by Crippen LogP contribution is -2.37. The summed E-state index contributed by atoms with van der Waals surface area (Å²) in [5.74, 6) is -4.32. The Labute approximate surface area is 165 Å². The third kappa shape index (κ3) is 5.04. The monoisotopic (exact) mass is 412 g/mol. The van der Waals surface area contributed by atoms with Crippen molar-refractivity contribution in [3.8, 4) is 0 Å². The van der Waals surface area contributed by atoms with E-state index in [4.69, 9.17) is 17.3 Å². The molecule has 0 aliphatic heterocycles. The lowest BCUT2D eigenvalue weighted by atomic mass is 9.90. The predicted octanol–water partition coefficient (Wildman–Crippen LogP) is 4.72. The molecule has 0 spiro atoms. The number of carbonyl (C=O) groups excluding carboxylic acids is 2. The van der Waals surface area contributed by atoms with Crippen molar-refractivity contribution in [2.45, 2.75) is 33.4 Å². The van der Waals surface area contributed by atoms with Gasteiger partial charge in [0, 0.05) is 5.69 Å². The first-order valence-corrected chi connectivity index (χ1v) is 8.81. The molecule has 2 aromatic carbocycles. The molecule has 1 unspecified atom stereocenters. The number of nitrogens with one attached hydrogen (secondary N) is 1. The Kier molecular flexibility index (Phi) is 6.39. The normalized spacial score (nSPS) is 12.5. The summed E-state index contributed by atoms with van der Waals surface area (Å²) in [4.78, 5) is 23.8. The van der Waals surface area contributed by atoms with Gasteiger partial charge in [0.1, 0.15) is 5.92 Å². The summed E-state index contributed by atoms with van der Waals surface area (Å²) in [5.41, 5.74) is 7.91. The molecule has 28 heavy (non-hydrogen) atoms. The van der Waals surface area contributed by atoms with Crippen molar-refractivity contribution < 1.29 is 22.8 Å². The van der Waals surface area contributed by atoms with Crippen LogP contribution in [0.15, 0.2) is 30.3 Å². The number of benzene rings is 2. The molecule has 2 rings (SSSR count). The van der Waals surface area contributed by atoms with E-state index in [9.17, 15) is 22.8 Å². The number of aryl methyl sites for hydroxylation is 3. The van der Waals surface area contributed by atoms with Crippen LogP contribution in [0.2, 0.25) is 5.02 Å². The molecule has 2 amide bonds. The van der Waals surface area contributed by atoms with Gasteiger partial charge in [0.25, 0.3) is 0 Å². The molecular formula is C20H20ClF3N2O2. The van der Waals surface area contributed by atoms with Crippen LogP contribution in [0, 0.1) is 26.7 Å². The Morgan fingerprint density at radius 1 is 1.11 bits per heavy atom. The van der Waals surface area contributed by atoms with Gasteiger partial charge in [0.15, 0.2) is 0 Å². The maximum atomic E-state index is 13.6. The minimum absolute atomic E-state index is 0.00907. The molecule has 1 atom stereocenters. The van der Waals surface area contributed by atoms with Gasteiger partial charge in [-0.15, -0.1) is 0 Å². The molecule has 2 aromatic rings. The number of halogens is 4. The quantitative estimate of drug-likeness (QED) is 0.745. The van der Waals surface area contributed by atoms with Crippen molar-refractivity contribution in [2.24, 2.45) is 11.7 Å². The topological polar surface area (TPSA) is 72.2 Å². The molecule has 8 heteroatoms. The van der Waals surface area contributed by atoms with Crippen LogP contribution >= 0.6 is 11.6 Å². The van der Waals surface area contributed by atoms with Gasteiger partial charge in [-0.2, -0.15) is 13.2 Å². The van der Waals surface area contributed by atoms with Crippen LogP contribution in [0.5, 0.6) is 0 Å². The molecule has 0 saturated heterocycles. The molecule has 0 bridgehead atoms.